The second-order valence-corrected chi connectivity index (χ2v) is 9.48. The fourth-order valence-electron chi connectivity index (χ4n) is 3.86. The summed E-state index contributed by atoms with van der Waals surface area (Å²) in [5.41, 5.74) is 1.69. The van der Waals surface area contributed by atoms with Gasteiger partial charge in [0.1, 0.15) is 16.7 Å². The molecule has 0 aliphatic heterocycles. The van der Waals surface area contributed by atoms with E-state index in [1.165, 1.54) is 31.0 Å². The van der Waals surface area contributed by atoms with Gasteiger partial charge in [-0.15, -0.1) is 11.8 Å². The van der Waals surface area contributed by atoms with Crippen molar-refractivity contribution in [2.75, 3.05) is 24.9 Å². The van der Waals surface area contributed by atoms with Gasteiger partial charge in [0.05, 0.1) is 31.0 Å². The van der Waals surface area contributed by atoms with Crippen LogP contribution in [0.25, 0.3) is 0 Å². The smallest absolute Gasteiger partial charge is 0.336 e. The lowest BCUT2D eigenvalue weighted by atomic mass is 10.1. The van der Waals surface area contributed by atoms with E-state index >= 15 is 0 Å². The zero-order valence-electron chi connectivity index (χ0n) is 21.2. The van der Waals surface area contributed by atoms with Gasteiger partial charge in [-0.05, 0) is 48.0 Å². The van der Waals surface area contributed by atoms with E-state index in [1.807, 2.05) is 36.4 Å². The topological polar surface area (TPSA) is 114 Å². The van der Waals surface area contributed by atoms with Crippen molar-refractivity contribution >= 4 is 40.9 Å². The molecule has 4 aromatic rings. The maximum absolute atomic E-state index is 13.6. The molecule has 8 nitrogen and oxygen atoms in total. The maximum Gasteiger partial charge on any atom is 0.336 e. The molecule has 0 bridgehead atoms. The zero-order chi connectivity index (χ0) is 27.8. The predicted octanol–water partition coefficient (Wildman–Crippen LogP) is 6.13. The monoisotopic (exact) mass is 542 g/mol. The van der Waals surface area contributed by atoms with Crippen molar-refractivity contribution in [1.82, 2.24) is 0 Å². The van der Waals surface area contributed by atoms with Crippen molar-refractivity contribution in [2.45, 2.75) is 10.1 Å². The fraction of sp³-hybridized carbons (Fsp3) is 0.100. The highest BCUT2D eigenvalue weighted by atomic mass is 32.2. The maximum atomic E-state index is 13.6. The minimum absolute atomic E-state index is 0.0526. The number of hydrogen-bond donors (Lipinski definition) is 3. The minimum atomic E-state index is -1.19. The van der Waals surface area contributed by atoms with Gasteiger partial charge in [-0.25, -0.2) is 4.79 Å². The third-order valence-electron chi connectivity index (χ3n) is 5.75. The highest BCUT2D eigenvalue weighted by Crippen LogP contribution is 2.38. The molecule has 0 heterocycles. The number of carboxylic acid groups (broad SMARTS) is 1. The molecular formula is C30H26N2O6S. The van der Waals surface area contributed by atoms with Crippen LogP contribution in [0.4, 0.5) is 11.4 Å². The van der Waals surface area contributed by atoms with E-state index in [2.05, 4.69) is 10.6 Å². The summed E-state index contributed by atoms with van der Waals surface area (Å²) in [6.45, 7) is 0. The number of anilines is 2. The van der Waals surface area contributed by atoms with Crippen molar-refractivity contribution in [1.29, 1.82) is 0 Å². The average Bonchev–Trinajstić information content (AvgIpc) is 2.96. The largest absolute Gasteiger partial charge is 0.497 e. The Kier molecular flexibility index (Phi) is 8.86. The lowest BCUT2D eigenvalue weighted by Gasteiger charge is -2.19. The van der Waals surface area contributed by atoms with Gasteiger partial charge in [-0.3, -0.25) is 9.59 Å². The van der Waals surface area contributed by atoms with E-state index < -0.39 is 17.1 Å². The fourth-order valence-corrected chi connectivity index (χ4v) is 4.94. The molecule has 2 amide bonds. The van der Waals surface area contributed by atoms with Crippen molar-refractivity contribution in [3.63, 3.8) is 0 Å². The number of carboxylic acids is 1. The zero-order valence-corrected chi connectivity index (χ0v) is 22.0. The van der Waals surface area contributed by atoms with Crippen molar-refractivity contribution < 1.29 is 29.0 Å². The summed E-state index contributed by atoms with van der Waals surface area (Å²) >= 11 is 1.31. The molecule has 3 N–H and O–H groups in total. The summed E-state index contributed by atoms with van der Waals surface area (Å²) in [5, 5.41) is 14.5. The molecule has 39 heavy (non-hydrogen) atoms. The summed E-state index contributed by atoms with van der Waals surface area (Å²) < 4.78 is 10.7. The SMILES string of the molecule is COc1ccc(OC)c(NC(=O)C(Sc2cccc(NC(=O)c3ccccc3C(=O)O)c2)c2ccccc2)c1. The molecule has 4 aromatic carbocycles. The number of carbonyl (C=O) groups excluding carboxylic acids is 2. The van der Waals surface area contributed by atoms with Crippen LogP contribution in [-0.2, 0) is 4.79 Å². The molecule has 0 radical (unpaired) electrons. The van der Waals surface area contributed by atoms with E-state index in [1.54, 1.807) is 55.6 Å². The Balaban J connectivity index is 1.58. The first kappa shape index (κ1) is 27.3. The van der Waals surface area contributed by atoms with Gasteiger partial charge in [0.2, 0.25) is 5.91 Å². The van der Waals surface area contributed by atoms with Gasteiger partial charge in [0, 0.05) is 16.6 Å². The Bertz CT molecular complexity index is 1490. The summed E-state index contributed by atoms with van der Waals surface area (Å²) in [5.74, 6) is -0.940. The number of hydrogen-bond acceptors (Lipinski definition) is 6. The molecular weight excluding hydrogens is 516 g/mol. The summed E-state index contributed by atoms with van der Waals surface area (Å²) in [7, 11) is 3.07. The first-order valence-electron chi connectivity index (χ1n) is 11.9. The molecule has 0 fully saturated rings. The first-order chi connectivity index (χ1) is 18.9. The van der Waals surface area contributed by atoms with Gasteiger partial charge in [0.15, 0.2) is 0 Å². The van der Waals surface area contributed by atoms with Crippen molar-refractivity contribution in [2.24, 2.45) is 0 Å². The van der Waals surface area contributed by atoms with Gasteiger partial charge >= 0.3 is 5.97 Å². The van der Waals surface area contributed by atoms with Gasteiger partial charge in [0.25, 0.3) is 5.91 Å². The first-order valence-corrected chi connectivity index (χ1v) is 12.8. The Hall–Kier alpha value is -4.76. The third kappa shape index (κ3) is 6.77. The number of nitrogens with one attached hydrogen (secondary N) is 2. The number of thioether (sulfide) groups is 1. The standard InChI is InChI=1S/C30H26N2O6S/c1-37-21-15-16-26(38-2)25(18-21)32-29(34)27(19-9-4-3-5-10-19)39-22-12-8-11-20(17-22)31-28(33)23-13-6-7-14-24(23)30(35)36/h3-18,27H,1-2H3,(H,31,33)(H,32,34)(H,35,36). The molecule has 0 aliphatic rings. The molecule has 4 rings (SSSR count). The number of amides is 2. The minimum Gasteiger partial charge on any atom is -0.497 e. The highest BCUT2D eigenvalue weighted by molar-refractivity contribution is 8.00. The molecule has 0 aromatic heterocycles. The summed E-state index contributed by atoms with van der Waals surface area (Å²) in [4.78, 5) is 38.7. The number of methoxy groups -OCH3 is 2. The Morgan fingerprint density at radius 1 is 0.769 bits per heavy atom. The molecule has 0 spiro atoms. The Morgan fingerprint density at radius 3 is 2.18 bits per heavy atom. The van der Waals surface area contributed by atoms with E-state index in [9.17, 15) is 19.5 Å². The van der Waals surface area contributed by atoms with Crippen LogP contribution in [0.15, 0.2) is 102 Å². The summed E-state index contributed by atoms with van der Waals surface area (Å²) in [6, 6.07) is 27.5. The molecule has 0 saturated carbocycles. The van der Waals surface area contributed by atoms with Gasteiger partial charge in [-0.2, -0.15) is 0 Å². The van der Waals surface area contributed by atoms with Crippen LogP contribution in [0.3, 0.4) is 0 Å². The molecule has 1 unspecified atom stereocenters. The molecule has 1 atom stereocenters. The highest BCUT2D eigenvalue weighted by Gasteiger charge is 2.24. The summed E-state index contributed by atoms with van der Waals surface area (Å²) in [6.07, 6.45) is 0. The van der Waals surface area contributed by atoms with Crippen LogP contribution in [0.2, 0.25) is 0 Å². The van der Waals surface area contributed by atoms with Crippen LogP contribution in [0.5, 0.6) is 11.5 Å². The number of aromatic carboxylic acids is 1. The molecule has 0 saturated heterocycles. The molecule has 198 valence electrons. The predicted molar refractivity (Wildman–Crippen MR) is 151 cm³/mol. The second kappa shape index (κ2) is 12.7. The lowest BCUT2D eigenvalue weighted by Crippen LogP contribution is -2.19. The number of benzene rings is 4. The lowest BCUT2D eigenvalue weighted by molar-refractivity contribution is -0.115. The van der Waals surface area contributed by atoms with E-state index in [-0.39, 0.29) is 17.0 Å². The van der Waals surface area contributed by atoms with Crippen LogP contribution in [0.1, 0.15) is 31.5 Å². The van der Waals surface area contributed by atoms with E-state index in [0.717, 1.165) is 10.5 Å². The van der Waals surface area contributed by atoms with E-state index in [4.69, 9.17) is 9.47 Å². The number of carbonyl (C=O) groups is 3. The normalized spacial score (nSPS) is 11.2. The van der Waals surface area contributed by atoms with Crippen LogP contribution in [0, 0.1) is 0 Å². The van der Waals surface area contributed by atoms with Crippen LogP contribution < -0.4 is 20.1 Å². The van der Waals surface area contributed by atoms with Gasteiger partial charge in [-0.1, -0.05) is 48.5 Å². The van der Waals surface area contributed by atoms with Crippen molar-refractivity contribution in [3.05, 3.63) is 114 Å². The second-order valence-electron chi connectivity index (χ2n) is 8.30. The van der Waals surface area contributed by atoms with Gasteiger partial charge < -0.3 is 25.2 Å². The Morgan fingerprint density at radius 2 is 1.49 bits per heavy atom. The van der Waals surface area contributed by atoms with Crippen molar-refractivity contribution in [3.8, 4) is 11.5 Å². The molecule has 0 aliphatic carbocycles. The van der Waals surface area contributed by atoms with Crippen LogP contribution in [-0.4, -0.2) is 37.1 Å². The molecule has 9 heteroatoms. The average molecular weight is 543 g/mol. The quantitative estimate of drug-likeness (QED) is 0.207. The number of ether oxygens (including phenoxy) is 2. The number of rotatable bonds is 10. The van der Waals surface area contributed by atoms with E-state index in [0.29, 0.717) is 22.9 Å². The third-order valence-corrected chi connectivity index (χ3v) is 7.00. The van der Waals surface area contributed by atoms with Crippen LogP contribution >= 0.6 is 11.8 Å². The Labute approximate surface area is 230 Å².